The van der Waals surface area contributed by atoms with Crippen molar-refractivity contribution in [1.82, 2.24) is 0 Å². The maximum atomic E-state index is 10.0. The summed E-state index contributed by atoms with van der Waals surface area (Å²) in [6, 6.07) is 0. The van der Waals surface area contributed by atoms with Crippen molar-refractivity contribution < 1.29 is 15.0 Å². The molecule has 0 saturated heterocycles. The zero-order chi connectivity index (χ0) is 7.98. The number of carboxylic acids is 1. The lowest BCUT2D eigenvalue weighted by atomic mass is 10.0. The van der Waals surface area contributed by atoms with E-state index in [4.69, 9.17) is 10.2 Å². The maximum Gasteiger partial charge on any atom is 0.303 e. The molecule has 0 heterocycles. The van der Waals surface area contributed by atoms with Crippen molar-refractivity contribution >= 4 is 5.97 Å². The molecule has 0 spiro atoms. The van der Waals surface area contributed by atoms with Crippen LogP contribution < -0.4 is 0 Å². The zero-order valence-corrected chi connectivity index (χ0v) is 6.21. The largest absolute Gasteiger partial charge is 0.481 e. The average molecular weight is 146 g/mol. The highest BCUT2D eigenvalue weighted by Gasteiger charge is 2.03. The van der Waals surface area contributed by atoms with Crippen LogP contribution in [0.15, 0.2) is 0 Å². The molecular weight excluding hydrogens is 132 g/mol. The van der Waals surface area contributed by atoms with Gasteiger partial charge in [-0.15, -0.1) is 0 Å². The van der Waals surface area contributed by atoms with Gasteiger partial charge < -0.3 is 10.2 Å². The summed E-state index contributed by atoms with van der Waals surface area (Å²) in [5.41, 5.74) is 0. The quantitative estimate of drug-likeness (QED) is 0.605. The molecule has 60 valence electrons. The molecule has 0 aromatic rings. The second-order valence-corrected chi connectivity index (χ2v) is 2.55. The minimum Gasteiger partial charge on any atom is -0.481 e. The molecule has 0 amide bonds. The lowest BCUT2D eigenvalue weighted by molar-refractivity contribution is -0.137. The number of carbonyl (C=O) groups is 1. The molecule has 0 saturated carbocycles. The summed E-state index contributed by atoms with van der Waals surface area (Å²) in [6.45, 7) is 2.10. The Labute approximate surface area is 60.7 Å². The number of hydrogen-bond acceptors (Lipinski definition) is 2. The van der Waals surface area contributed by atoms with Gasteiger partial charge in [0.2, 0.25) is 0 Å². The minimum atomic E-state index is -0.759. The van der Waals surface area contributed by atoms with Crippen LogP contribution in [-0.2, 0) is 4.79 Å². The predicted octanol–water partition coefficient (Wildman–Crippen LogP) is 0.870. The molecule has 1 unspecified atom stereocenters. The van der Waals surface area contributed by atoms with Gasteiger partial charge in [-0.05, 0) is 18.8 Å². The third-order valence-corrected chi connectivity index (χ3v) is 1.47. The van der Waals surface area contributed by atoms with Crippen molar-refractivity contribution in [1.29, 1.82) is 0 Å². The van der Waals surface area contributed by atoms with E-state index < -0.39 is 5.97 Å². The Morgan fingerprint density at radius 2 is 2.10 bits per heavy atom. The fourth-order valence-corrected chi connectivity index (χ4v) is 0.735. The van der Waals surface area contributed by atoms with E-state index in [0.29, 0.717) is 18.8 Å². The van der Waals surface area contributed by atoms with Crippen LogP contribution in [0.5, 0.6) is 0 Å². The third kappa shape index (κ3) is 5.56. The van der Waals surface area contributed by atoms with Crippen LogP contribution in [0.2, 0.25) is 0 Å². The standard InChI is InChI=1S/C7H14O3/c1-6(4-5-8)2-3-7(9)10/h6,8H,2-5H2,1H3,(H,9,10). The molecule has 0 radical (unpaired) electrons. The van der Waals surface area contributed by atoms with Crippen LogP contribution >= 0.6 is 0 Å². The maximum absolute atomic E-state index is 10.0. The first-order valence-electron chi connectivity index (χ1n) is 3.49. The van der Waals surface area contributed by atoms with Gasteiger partial charge in [0, 0.05) is 13.0 Å². The van der Waals surface area contributed by atoms with Crippen LogP contribution in [0.25, 0.3) is 0 Å². The monoisotopic (exact) mass is 146 g/mol. The van der Waals surface area contributed by atoms with Gasteiger partial charge in [0.1, 0.15) is 0 Å². The van der Waals surface area contributed by atoms with E-state index in [1.54, 1.807) is 0 Å². The molecule has 0 fully saturated rings. The summed E-state index contributed by atoms with van der Waals surface area (Å²) < 4.78 is 0. The smallest absolute Gasteiger partial charge is 0.303 e. The first-order valence-corrected chi connectivity index (χ1v) is 3.49. The highest BCUT2D eigenvalue weighted by Crippen LogP contribution is 2.08. The molecule has 0 aliphatic carbocycles. The van der Waals surface area contributed by atoms with Gasteiger partial charge in [-0.2, -0.15) is 0 Å². The average Bonchev–Trinajstić information content (AvgIpc) is 1.85. The number of carboxylic acid groups (broad SMARTS) is 1. The molecular formula is C7H14O3. The summed E-state index contributed by atoms with van der Waals surface area (Å²) in [5, 5.41) is 16.7. The molecule has 0 rings (SSSR count). The molecule has 1 atom stereocenters. The normalized spacial score (nSPS) is 13.0. The summed E-state index contributed by atoms with van der Waals surface area (Å²) in [7, 11) is 0. The predicted molar refractivity (Wildman–Crippen MR) is 37.7 cm³/mol. The molecule has 0 aromatic carbocycles. The minimum absolute atomic E-state index is 0.154. The summed E-state index contributed by atoms with van der Waals surface area (Å²) >= 11 is 0. The molecule has 2 N–H and O–H groups in total. The van der Waals surface area contributed by atoms with Gasteiger partial charge in [0.25, 0.3) is 0 Å². The Kier molecular flexibility index (Phi) is 4.94. The molecule has 3 nitrogen and oxygen atoms in total. The van der Waals surface area contributed by atoms with Crippen LogP contribution in [0, 0.1) is 5.92 Å². The first kappa shape index (κ1) is 9.43. The van der Waals surface area contributed by atoms with Crippen LogP contribution in [-0.4, -0.2) is 22.8 Å². The lowest BCUT2D eigenvalue weighted by Gasteiger charge is -2.05. The first-order chi connectivity index (χ1) is 4.66. The molecule has 3 heteroatoms. The number of aliphatic hydroxyl groups is 1. The second kappa shape index (κ2) is 5.23. The summed E-state index contributed by atoms with van der Waals surface area (Å²) in [5.74, 6) is -0.439. The van der Waals surface area contributed by atoms with Gasteiger partial charge >= 0.3 is 5.97 Å². The van der Waals surface area contributed by atoms with E-state index in [1.165, 1.54) is 0 Å². The van der Waals surface area contributed by atoms with Crippen LogP contribution in [0.1, 0.15) is 26.2 Å². The Balaban J connectivity index is 3.21. The van der Waals surface area contributed by atoms with Gasteiger partial charge in [0.05, 0.1) is 0 Å². The molecule has 0 bridgehead atoms. The number of hydrogen-bond donors (Lipinski definition) is 2. The second-order valence-electron chi connectivity index (χ2n) is 2.55. The number of aliphatic carboxylic acids is 1. The van der Waals surface area contributed by atoms with Crippen molar-refractivity contribution in [3.05, 3.63) is 0 Å². The highest BCUT2D eigenvalue weighted by atomic mass is 16.4. The van der Waals surface area contributed by atoms with Crippen molar-refractivity contribution in [3.8, 4) is 0 Å². The van der Waals surface area contributed by atoms with Crippen molar-refractivity contribution in [3.63, 3.8) is 0 Å². The van der Waals surface area contributed by atoms with E-state index in [2.05, 4.69) is 0 Å². The zero-order valence-electron chi connectivity index (χ0n) is 6.21. The molecule has 0 aliphatic heterocycles. The van der Waals surface area contributed by atoms with E-state index in [1.807, 2.05) is 6.92 Å². The fraction of sp³-hybridized carbons (Fsp3) is 0.857. The SMILES string of the molecule is CC(CCO)CCC(=O)O. The van der Waals surface area contributed by atoms with Crippen LogP contribution in [0.3, 0.4) is 0 Å². The van der Waals surface area contributed by atoms with Crippen LogP contribution in [0.4, 0.5) is 0 Å². The number of rotatable bonds is 5. The van der Waals surface area contributed by atoms with Gasteiger partial charge in [-0.3, -0.25) is 4.79 Å². The van der Waals surface area contributed by atoms with E-state index in [0.717, 1.165) is 0 Å². The molecule has 10 heavy (non-hydrogen) atoms. The summed E-state index contributed by atoms with van der Waals surface area (Å²) in [4.78, 5) is 10.0. The number of aliphatic hydroxyl groups excluding tert-OH is 1. The highest BCUT2D eigenvalue weighted by molar-refractivity contribution is 5.66. The topological polar surface area (TPSA) is 57.5 Å². The van der Waals surface area contributed by atoms with E-state index >= 15 is 0 Å². The fourth-order valence-electron chi connectivity index (χ4n) is 0.735. The van der Waals surface area contributed by atoms with Gasteiger partial charge in [0.15, 0.2) is 0 Å². The van der Waals surface area contributed by atoms with Crippen molar-refractivity contribution in [2.24, 2.45) is 5.92 Å². The Morgan fingerprint density at radius 1 is 1.50 bits per heavy atom. The Bertz CT molecular complexity index is 101. The third-order valence-electron chi connectivity index (χ3n) is 1.47. The molecule has 0 aromatic heterocycles. The van der Waals surface area contributed by atoms with Crippen molar-refractivity contribution in [2.45, 2.75) is 26.2 Å². The van der Waals surface area contributed by atoms with Gasteiger partial charge in [-0.1, -0.05) is 6.92 Å². The Hall–Kier alpha value is -0.570. The molecule has 0 aliphatic rings. The van der Waals surface area contributed by atoms with Gasteiger partial charge in [-0.25, -0.2) is 0 Å². The lowest BCUT2D eigenvalue weighted by Crippen LogP contribution is -2.02. The van der Waals surface area contributed by atoms with E-state index in [9.17, 15) is 4.79 Å². The summed E-state index contributed by atoms with van der Waals surface area (Å²) in [6.07, 6.45) is 1.57. The Morgan fingerprint density at radius 3 is 2.50 bits per heavy atom. The van der Waals surface area contributed by atoms with Crippen molar-refractivity contribution in [2.75, 3.05) is 6.61 Å². The van der Waals surface area contributed by atoms with E-state index in [-0.39, 0.29) is 13.0 Å².